The molecule has 0 atom stereocenters. The van der Waals surface area contributed by atoms with Gasteiger partial charge in [0.15, 0.2) is 6.61 Å². The van der Waals surface area contributed by atoms with Crippen molar-refractivity contribution in [3.63, 3.8) is 0 Å². The summed E-state index contributed by atoms with van der Waals surface area (Å²) in [7, 11) is 0. The average Bonchev–Trinajstić information content (AvgIpc) is 3.18. The summed E-state index contributed by atoms with van der Waals surface area (Å²) >= 11 is 1.10. The SMILES string of the molecule is Cc1c(C(=O)N2CCOCC2)sc2nc(C(=O)NCc3ccc4c(c3)NC(=O)CO4)[nH]c(=O)c12. The quantitative estimate of drug-likeness (QED) is 0.503. The van der Waals surface area contributed by atoms with Gasteiger partial charge >= 0.3 is 0 Å². The molecule has 176 valence electrons. The first-order valence-corrected chi connectivity index (χ1v) is 11.5. The van der Waals surface area contributed by atoms with E-state index in [4.69, 9.17) is 9.47 Å². The highest BCUT2D eigenvalue weighted by molar-refractivity contribution is 7.20. The van der Waals surface area contributed by atoms with Crippen molar-refractivity contribution in [2.75, 3.05) is 38.2 Å². The molecule has 1 saturated heterocycles. The summed E-state index contributed by atoms with van der Waals surface area (Å²) in [5.74, 6) is -0.566. The Hall–Kier alpha value is -3.77. The number of hydrogen-bond donors (Lipinski definition) is 3. The number of aromatic amines is 1. The Morgan fingerprint density at radius 1 is 1.24 bits per heavy atom. The number of carbonyl (C=O) groups excluding carboxylic acids is 3. The minimum absolute atomic E-state index is 0.0352. The summed E-state index contributed by atoms with van der Waals surface area (Å²) in [6.07, 6.45) is 0. The van der Waals surface area contributed by atoms with E-state index in [0.29, 0.717) is 58.4 Å². The van der Waals surface area contributed by atoms with E-state index in [1.807, 2.05) is 0 Å². The Morgan fingerprint density at radius 2 is 2.03 bits per heavy atom. The highest BCUT2D eigenvalue weighted by atomic mass is 32.1. The molecule has 0 aliphatic carbocycles. The van der Waals surface area contributed by atoms with E-state index < -0.39 is 11.5 Å². The molecule has 3 amide bonds. The maximum atomic E-state index is 12.9. The molecule has 1 fully saturated rings. The molecular formula is C22H21N5O6S. The van der Waals surface area contributed by atoms with Crippen LogP contribution in [0.4, 0.5) is 5.69 Å². The Morgan fingerprint density at radius 3 is 2.82 bits per heavy atom. The third-order valence-electron chi connectivity index (χ3n) is 5.64. The number of aryl methyl sites for hydroxylation is 1. The number of anilines is 1. The van der Waals surface area contributed by atoms with Crippen molar-refractivity contribution >= 4 is 45.0 Å². The molecule has 0 unspecified atom stereocenters. The van der Waals surface area contributed by atoms with Crippen molar-refractivity contribution in [1.29, 1.82) is 0 Å². The highest BCUT2D eigenvalue weighted by Gasteiger charge is 2.25. The molecule has 34 heavy (non-hydrogen) atoms. The summed E-state index contributed by atoms with van der Waals surface area (Å²) in [6, 6.07) is 5.18. The van der Waals surface area contributed by atoms with Crippen LogP contribution >= 0.6 is 11.3 Å². The lowest BCUT2D eigenvalue weighted by Crippen LogP contribution is -2.40. The first-order chi connectivity index (χ1) is 16.4. The second-order valence-corrected chi connectivity index (χ2v) is 8.90. The summed E-state index contributed by atoms with van der Waals surface area (Å²) in [5.41, 5.74) is 1.34. The van der Waals surface area contributed by atoms with Crippen LogP contribution in [0.15, 0.2) is 23.0 Å². The first-order valence-electron chi connectivity index (χ1n) is 10.6. The van der Waals surface area contributed by atoms with E-state index in [1.165, 1.54) is 0 Å². The molecule has 5 rings (SSSR count). The number of benzene rings is 1. The number of aromatic nitrogens is 2. The molecule has 2 aliphatic rings. The minimum Gasteiger partial charge on any atom is -0.482 e. The molecule has 0 radical (unpaired) electrons. The number of fused-ring (bicyclic) bond motifs is 2. The number of ether oxygens (including phenoxy) is 2. The number of hydrogen-bond acceptors (Lipinski definition) is 8. The molecule has 0 saturated carbocycles. The van der Waals surface area contributed by atoms with E-state index in [0.717, 1.165) is 16.9 Å². The molecule has 3 aromatic rings. The largest absolute Gasteiger partial charge is 0.482 e. The fourth-order valence-corrected chi connectivity index (χ4v) is 5.02. The molecule has 2 aromatic heterocycles. The third kappa shape index (κ3) is 4.13. The minimum atomic E-state index is -0.566. The molecule has 0 bridgehead atoms. The van der Waals surface area contributed by atoms with Gasteiger partial charge in [-0.15, -0.1) is 11.3 Å². The maximum absolute atomic E-state index is 12.9. The number of nitrogens with one attached hydrogen (secondary N) is 3. The van der Waals surface area contributed by atoms with Crippen molar-refractivity contribution in [3.8, 4) is 5.75 Å². The van der Waals surface area contributed by atoms with Crippen LogP contribution in [0.1, 0.15) is 31.4 Å². The zero-order chi connectivity index (χ0) is 23.8. The highest BCUT2D eigenvalue weighted by Crippen LogP contribution is 2.29. The lowest BCUT2D eigenvalue weighted by molar-refractivity contribution is -0.118. The number of H-pyrrole nitrogens is 1. The van der Waals surface area contributed by atoms with Crippen LogP contribution in [-0.4, -0.2) is 65.5 Å². The molecule has 1 aromatic carbocycles. The van der Waals surface area contributed by atoms with Gasteiger partial charge in [0.2, 0.25) is 5.82 Å². The first kappa shape index (κ1) is 22.0. The Bertz CT molecular complexity index is 1370. The summed E-state index contributed by atoms with van der Waals surface area (Å²) < 4.78 is 10.6. The normalized spacial score (nSPS) is 15.4. The summed E-state index contributed by atoms with van der Waals surface area (Å²) in [6.45, 7) is 3.75. The standard InChI is InChI=1S/C22H21N5O6S/c1-11-16-19(29)25-18(26-21(16)34-17(11)22(31)27-4-6-32-7-5-27)20(30)23-9-12-2-3-14-13(8-12)24-15(28)10-33-14/h2-3,8H,4-7,9-10H2,1H3,(H,23,30)(H,24,28)(H,25,26,29). The van der Waals surface area contributed by atoms with Crippen molar-refractivity contribution in [2.45, 2.75) is 13.5 Å². The zero-order valence-electron chi connectivity index (χ0n) is 18.2. The van der Waals surface area contributed by atoms with E-state index >= 15 is 0 Å². The number of nitrogens with zero attached hydrogens (tertiary/aromatic N) is 2. The fourth-order valence-electron chi connectivity index (χ4n) is 3.87. The van der Waals surface area contributed by atoms with Gasteiger partial charge in [-0.3, -0.25) is 19.2 Å². The topological polar surface area (TPSA) is 143 Å². The Kier molecular flexibility index (Phi) is 5.75. The zero-order valence-corrected chi connectivity index (χ0v) is 19.0. The third-order valence-corrected chi connectivity index (χ3v) is 6.81. The number of carbonyl (C=O) groups is 3. The molecule has 3 N–H and O–H groups in total. The van der Waals surface area contributed by atoms with E-state index in [-0.39, 0.29) is 30.8 Å². The van der Waals surface area contributed by atoms with Crippen LogP contribution in [0, 0.1) is 6.92 Å². The van der Waals surface area contributed by atoms with Gasteiger partial charge < -0.3 is 30.0 Å². The van der Waals surface area contributed by atoms with Gasteiger partial charge in [0, 0.05) is 19.6 Å². The lowest BCUT2D eigenvalue weighted by Gasteiger charge is -2.26. The van der Waals surface area contributed by atoms with E-state index in [2.05, 4.69) is 20.6 Å². The fraction of sp³-hybridized carbons (Fsp3) is 0.318. The van der Waals surface area contributed by atoms with Gasteiger partial charge in [-0.1, -0.05) is 6.07 Å². The van der Waals surface area contributed by atoms with Crippen LogP contribution in [-0.2, 0) is 16.1 Å². The van der Waals surface area contributed by atoms with Gasteiger partial charge in [-0.2, -0.15) is 0 Å². The molecule has 12 heteroatoms. The molecule has 0 spiro atoms. The van der Waals surface area contributed by atoms with Gasteiger partial charge in [0.05, 0.1) is 29.2 Å². The van der Waals surface area contributed by atoms with Gasteiger partial charge in [-0.05, 0) is 30.2 Å². The molecular weight excluding hydrogens is 462 g/mol. The van der Waals surface area contributed by atoms with E-state index in [9.17, 15) is 19.2 Å². The predicted octanol–water partition coefficient (Wildman–Crippen LogP) is 1.03. The number of rotatable bonds is 4. The second-order valence-electron chi connectivity index (χ2n) is 7.91. The van der Waals surface area contributed by atoms with Gasteiger partial charge in [0.25, 0.3) is 23.3 Å². The maximum Gasteiger partial charge on any atom is 0.287 e. The van der Waals surface area contributed by atoms with Crippen LogP contribution in [0.3, 0.4) is 0 Å². The number of thiophene rings is 1. The smallest absolute Gasteiger partial charge is 0.287 e. The Balaban J connectivity index is 1.35. The van der Waals surface area contributed by atoms with Crippen LogP contribution in [0.5, 0.6) is 5.75 Å². The molecule has 11 nitrogen and oxygen atoms in total. The number of morpholine rings is 1. The average molecular weight is 484 g/mol. The molecule has 2 aliphatic heterocycles. The van der Waals surface area contributed by atoms with Crippen LogP contribution < -0.4 is 20.9 Å². The van der Waals surface area contributed by atoms with Crippen LogP contribution in [0.2, 0.25) is 0 Å². The number of amides is 3. The van der Waals surface area contributed by atoms with Crippen molar-refractivity contribution in [2.24, 2.45) is 0 Å². The predicted molar refractivity (Wildman–Crippen MR) is 123 cm³/mol. The monoisotopic (exact) mass is 483 g/mol. The lowest BCUT2D eigenvalue weighted by atomic mass is 10.1. The van der Waals surface area contributed by atoms with E-state index in [1.54, 1.807) is 30.0 Å². The van der Waals surface area contributed by atoms with Crippen molar-refractivity contribution < 1.29 is 23.9 Å². The van der Waals surface area contributed by atoms with Gasteiger partial charge in [-0.25, -0.2) is 4.98 Å². The summed E-state index contributed by atoms with van der Waals surface area (Å²) in [5, 5.41) is 5.73. The van der Waals surface area contributed by atoms with Crippen molar-refractivity contribution in [3.05, 3.63) is 50.4 Å². The van der Waals surface area contributed by atoms with Gasteiger partial charge in [0.1, 0.15) is 10.6 Å². The van der Waals surface area contributed by atoms with Crippen LogP contribution in [0.25, 0.3) is 10.2 Å². The second kappa shape index (κ2) is 8.88. The Labute approximate surface area is 197 Å². The molecule has 4 heterocycles. The summed E-state index contributed by atoms with van der Waals surface area (Å²) in [4.78, 5) is 59.2. The van der Waals surface area contributed by atoms with Crippen molar-refractivity contribution in [1.82, 2.24) is 20.2 Å².